The zero-order valence-corrected chi connectivity index (χ0v) is 15.1. The van der Waals surface area contributed by atoms with Crippen LogP contribution in [0.4, 0.5) is 4.79 Å². The van der Waals surface area contributed by atoms with Crippen LogP contribution >= 0.6 is 11.6 Å². The molecule has 1 amide bonds. The maximum absolute atomic E-state index is 12.3. The van der Waals surface area contributed by atoms with E-state index >= 15 is 0 Å². The Morgan fingerprint density at radius 1 is 1.39 bits per heavy atom. The lowest BCUT2D eigenvalue weighted by Crippen LogP contribution is -2.52. The summed E-state index contributed by atoms with van der Waals surface area (Å²) in [5.41, 5.74) is -0.585. The molecule has 1 aromatic rings. The van der Waals surface area contributed by atoms with Gasteiger partial charge in [0.1, 0.15) is 5.60 Å². The molecule has 1 aliphatic heterocycles. The molecule has 0 radical (unpaired) electrons. The molecule has 2 unspecified atom stereocenters. The predicted octanol–water partition coefficient (Wildman–Crippen LogP) is 4.19. The minimum Gasteiger partial charge on any atom is -0.444 e. The lowest BCUT2D eigenvalue weighted by atomic mass is 9.75. The third-order valence-corrected chi connectivity index (χ3v) is 4.62. The first-order valence-corrected chi connectivity index (χ1v) is 8.50. The summed E-state index contributed by atoms with van der Waals surface area (Å²) in [5.74, 6) is -0.0371. The fourth-order valence-corrected chi connectivity index (χ4v) is 3.22. The van der Waals surface area contributed by atoms with Gasteiger partial charge in [0.25, 0.3) is 0 Å². The smallest absolute Gasteiger partial charge is 0.410 e. The number of benzene rings is 1. The van der Waals surface area contributed by atoms with E-state index < -0.39 is 11.2 Å². The molecule has 0 aliphatic carbocycles. The number of likely N-dealkylation sites (tertiary alicyclic amines) is 1. The molecule has 0 bridgehead atoms. The highest BCUT2D eigenvalue weighted by atomic mass is 35.5. The molecule has 2 rings (SSSR count). The topological polar surface area (TPSA) is 49.8 Å². The van der Waals surface area contributed by atoms with Crippen molar-refractivity contribution in [2.75, 3.05) is 13.1 Å². The van der Waals surface area contributed by atoms with Crippen molar-refractivity contribution < 1.29 is 14.6 Å². The molecule has 1 aromatic carbocycles. The second-order valence-corrected chi connectivity index (χ2v) is 7.65. The SMILES string of the molecule is CCC1CN(C(=O)OC(C)(C)C)CCC1(O)c1ccc(Cl)cc1. The Morgan fingerprint density at radius 3 is 2.52 bits per heavy atom. The first kappa shape index (κ1) is 18.1. The minimum absolute atomic E-state index is 0.0371. The van der Waals surface area contributed by atoms with Crippen molar-refractivity contribution in [3.63, 3.8) is 0 Å². The highest BCUT2D eigenvalue weighted by Crippen LogP contribution is 2.39. The van der Waals surface area contributed by atoms with Crippen LogP contribution in [0.3, 0.4) is 0 Å². The van der Waals surface area contributed by atoms with E-state index in [-0.39, 0.29) is 12.0 Å². The average molecular weight is 340 g/mol. The summed E-state index contributed by atoms with van der Waals surface area (Å²) in [4.78, 5) is 14.0. The van der Waals surface area contributed by atoms with Crippen molar-refractivity contribution in [1.29, 1.82) is 0 Å². The molecule has 1 N–H and O–H groups in total. The van der Waals surface area contributed by atoms with Crippen molar-refractivity contribution in [2.45, 2.75) is 51.7 Å². The van der Waals surface area contributed by atoms with Crippen LogP contribution in [0.25, 0.3) is 0 Å². The van der Waals surface area contributed by atoms with Crippen LogP contribution in [0.2, 0.25) is 5.02 Å². The van der Waals surface area contributed by atoms with Crippen LogP contribution in [-0.4, -0.2) is 34.8 Å². The molecule has 0 aromatic heterocycles. The number of rotatable bonds is 2. The molecule has 5 heteroatoms. The van der Waals surface area contributed by atoms with Gasteiger partial charge in [-0.2, -0.15) is 0 Å². The maximum atomic E-state index is 12.3. The first-order chi connectivity index (χ1) is 10.7. The van der Waals surface area contributed by atoms with E-state index in [4.69, 9.17) is 16.3 Å². The number of nitrogens with zero attached hydrogens (tertiary/aromatic N) is 1. The number of halogens is 1. The van der Waals surface area contributed by atoms with Gasteiger partial charge in [-0.3, -0.25) is 0 Å². The Balaban J connectivity index is 2.15. The molecule has 1 aliphatic rings. The summed E-state index contributed by atoms with van der Waals surface area (Å²) in [6.07, 6.45) is 0.958. The molecule has 0 saturated carbocycles. The Bertz CT molecular complexity index is 552. The van der Waals surface area contributed by atoms with Crippen molar-refractivity contribution in [2.24, 2.45) is 5.92 Å². The highest BCUT2D eigenvalue weighted by Gasteiger charge is 2.43. The third kappa shape index (κ3) is 4.18. The van der Waals surface area contributed by atoms with Gasteiger partial charge in [0, 0.05) is 24.0 Å². The van der Waals surface area contributed by atoms with Gasteiger partial charge in [0.15, 0.2) is 0 Å². The van der Waals surface area contributed by atoms with Crippen molar-refractivity contribution in [3.05, 3.63) is 34.9 Å². The van der Waals surface area contributed by atoms with Crippen molar-refractivity contribution >= 4 is 17.7 Å². The van der Waals surface area contributed by atoms with E-state index in [0.29, 0.717) is 24.5 Å². The quantitative estimate of drug-likeness (QED) is 0.878. The Labute approximate surface area is 143 Å². The van der Waals surface area contributed by atoms with E-state index in [9.17, 15) is 9.90 Å². The van der Waals surface area contributed by atoms with Gasteiger partial charge in [0.05, 0.1) is 5.60 Å². The van der Waals surface area contributed by atoms with Crippen LogP contribution in [0, 0.1) is 5.92 Å². The van der Waals surface area contributed by atoms with Crippen LogP contribution in [0.1, 0.15) is 46.1 Å². The van der Waals surface area contributed by atoms with Gasteiger partial charge in [-0.25, -0.2) is 4.79 Å². The zero-order chi connectivity index (χ0) is 17.3. The van der Waals surface area contributed by atoms with Gasteiger partial charge in [-0.15, -0.1) is 0 Å². The molecule has 1 heterocycles. The molecule has 2 atom stereocenters. The largest absolute Gasteiger partial charge is 0.444 e. The van der Waals surface area contributed by atoms with E-state index in [0.717, 1.165) is 12.0 Å². The number of ether oxygens (including phenoxy) is 1. The fraction of sp³-hybridized carbons (Fsp3) is 0.611. The van der Waals surface area contributed by atoms with E-state index in [2.05, 4.69) is 0 Å². The van der Waals surface area contributed by atoms with Gasteiger partial charge in [-0.05, 0) is 51.3 Å². The van der Waals surface area contributed by atoms with Gasteiger partial charge in [0.2, 0.25) is 0 Å². The number of aliphatic hydroxyl groups is 1. The van der Waals surface area contributed by atoms with Crippen molar-refractivity contribution in [3.8, 4) is 0 Å². The zero-order valence-electron chi connectivity index (χ0n) is 14.3. The molecular formula is C18H26ClNO3. The molecular weight excluding hydrogens is 314 g/mol. The van der Waals surface area contributed by atoms with Gasteiger partial charge < -0.3 is 14.7 Å². The normalized spacial score (nSPS) is 25.3. The summed E-state index contributed by atoms with van der Waals surface area (Å²) in [5, 5.41) is 11.9. The molecule has 1 fully saturated rings. The molecule has 128 valence electrons. The van der Waals surface area contributed by atoms with Crippen LogP contribution in [0.5, 0.6) is 0 Å². The Kier molecular flexibility index (Phi) is 5.27. The predicted molar refractivity (Wildman–Crippen MR) is 91.6 cm³/mol. The summed E-state index contributed by atoms with van der Waals surface area (Å²) in [7, 11) is 0. The lowest BCUT2D eigenvalue weighted by Gasteiger charge is -2.44. The van der Waals surface area contributed by atoms with Crippen LogP contribution in [0.15, 0.2) is 24.3 Å². The number of piperidine rings is 1. The summed E-state index contributed by atoms with van der Waals surface area (Å²) >= 11 is 5.94. The Hall–Kier alpha value is -1.26. The highest BCUT2D eigenvalue weighted by molar-refractivity contribution is 6.30. The standard InChI is InChI=1S/C18H26ClNO3/c1-5-13-12-20(16(21)23-17(2,3)4)11-10-18(13,22)14-6-8-15(19)9-7-14/h6-9,13,22H,5,10-12H2,1-4H3. The van der Waals surface area contributed by atoms with Crippen LogP contribution < -0.4 is 0 Å². The summed E-state index contributed by atoms with van der Waals surface area (Å²) < 4.78 is 5.45. The molecule has 1 saturated heterocycles. The van der Waals surface area contributed by atoms with Crippen molar-refractivity contribution in [1.82, 2.24) is 4.90 Å². The fourth-order valence-electron chi connectivity index (χ4n) is 3.10. The Morgan fingerprint density at radius 2 is 2.00 bits per heavy atom. The second kappa shape index (κ2) is 6.70. The van der Waals surface area contributed by atoms with Crippen LogP contribution in [-0.2, 0) is 10.3 Å². The van der Waals surface area contributed by atoms with E-state index in [1.54, 1.807) is 17.0 Å². The van der Waals surface area contributed by atoms with Gasteiger partial charge >= 0.3 is 6.09 Å². The number of hydrogen-bond acceptors (Lipinski definition) is 3. The molecule has 23 heavy (non-hydrogen) atoms. The van der Waals surface area contributed by atoms with E-state index in [1.165, 1.54) is 0 Å². The summed E-state index contributed by atoms with van der Waals surface area (Å²) in [6.45, 7) is 8.57. The average Bonchev–Trinajstić information content (AvgIpc) is 2.46. The first-order valence-electron chi connectivity index (χ1n) is 8.12. The maximum Gasteiger partial charge on any atom is 0.410 e. The number of carbonyl (C=O) groups excluding carboxylic acids is 1. The molecule has 0 spiro atoms. The number of carbonyl (C=O) groups is 1. The minimum atomic E-state index is -0.933. The lowest BCUT2D eigenvalue weighted by molar-refractivity contribution is -0.0807. The third-order valence-electron chi connectivity index (χ3n) is 4.37. The molecule has 4 nitrogen and oxygen atoms in total. The monoisotopic (exact) mass is 339 g/mol. The van der Waals surface area contributed by atoms with E-state index in [1.807, 2.05) is 39.8 Å². The van der Waals surface area contributed by atoms with Gasteiger partial charge in [-0.1, -0.05) is 30.7 Å². The second-order valence-electron chi connectivity index (χ2n) is 7.21. The number of hydrogen-bond donors (Lipinski definition) is 1. The summed E-state index contributed by atoms with van der Waals surface area (Å²) in [6, 6.07) is 7.33. The number of amides is 1.